The number of nitrogens with zero attached hydrogens (tertiary/aromatic N) is 2. The Kier molecular flexibility index (Phi) is 5.34. The molecule has 2 aromatic heterocycles. The van der Waals surface area contributed by atoms with Crippen molar-refractivity contribution in [1.29, 1.82) is 0 Å². The van der Waals surface area contributed by atoms with Gasteiger partial charge in [0.2, 0.25) is 0 Å². The number of aromatic nitrogens is 3. The smallest absolute Gasteiger partial charge is 0.257 e. The highest BCUT2D eigenvalue weighted by Gasteiger charge is 2.44. The lowest BCUT2D eigenvalue weighted by Crippen LogP contribution is -2.30. The van der Waals surface area contributed by atoms with Crippen molar-refractivity contribution >= 4 is 0 Å². The van der Waals surface area contributed by atoms with Crippen molar-refractivity contribution in [3.63, 3.8) is 0 Å². The molecule has 32 heavy (non-hydrogen) atoms. The third kappa shape index (κ3) is 3.51. The lowest BCUT2D eigenvalue weighted by Gasteiger charge is -2.25. The topological polar surface area (TPSA) is 78.5 Å². The summed E-state index contributed by atoms with van der Waals surface area (Å²) in [6.07, 6.45) is 3.47. The molecular weight excluding hydrogens is 406 g/mol. The van der Waals surface area contributed by atoms with Crippen molar-refractivity contribution in [2.45, 2.75) is 5.79 Å². The highest BCUT2D eigenvalue weighted by molar-refractivity contribution is 5.79. The first kappa shape index (κ1) is 20.2. The van der Waals surface area contributed by atoms with Gasteiger partial charge in [-0.15, -0.1) is 0 Å². The number of pyridine rings is 1. The largest absolute Gasteiger partial charge is 0.497 e. The summed E-state index contributed by atoms with van der Waals surface area (Å²) in [5.41, 5.74) is 4.34. The zero-order valence-corrected chi connectivity index (χ0v) is 17.9. The molecule has 1 aliphatic heterocycles. The van der Waals surface area contributed by atoms with Gasteiger partial charge < -0.3 is 23.9 Å². The quantitative estimate of drug-likeness (QED) is 0.489. The maximum atomic E-state index is 6.13. The van der Waals surface area contributed by atoms with E-state index < -0.39 is 5.79 Å². The Morgan fingerprint density at radius 1 is 0.844 bits per heavy atom. The van der Waals surface area contributed by atoms with Gasteiger partial charge in [-0.3, -0.25) is 4.98 Å². The van der Waals surface area contributed by atoms with Crippen molar-refractivity contribution in [2.24, 2.45) is 0 Å². The van der Waals surface area contributed by atoms with Gasteiger partial charge in [0.1, 0.15) is 11.5 Å². The van der Waals surface area contributed by atoms with Crippen molar-refractivity contribution in [3.8, 4) is 34.0 Å². The summed E-state index contributed by atoms with van der Waals surface area (Å²) in [6, 6.07) is 19.4. The van der Waals surface area contributed by atoms with E-state index in [4.69, 9.17) is 23.9 Å². The van der Waals surface area contributed by atoms with Gasteiger partial charge in [-0.05, 0) is 54.6 Å². The Labute approximate surface area is 186 Å². The number of nitrogens with one attached hydrogen (secondary N) is 1. The Morgan fingerprint density at radius 2 is 1.47 bits per heavy atom. The summed E-state index contributed by atoms with van der Waals surface area (Å²) in [5.74, 6) is 0.999. The van der Waals surface area contributed by atoms with Crippen LogP contribution in [-0.2, 0) is 15.3 Å². The van der Waals surface area contributed by atoms with Crippen LogP contribution >= 0.6 is 0 Å². The number of methoxy groups -OCH3 is 2. The normalized spacial score (nSPS) is 14.9. The van der Waals surface area contributed by atoms with E-state index in [9.17, 15) is 0 Å². The van der Waals surface area contributed by atoms with Gasteiger partial charge in [-0.2, -0.15) is 0 Å². The zero-order chi connectivity index (χ0) is 22.0. The summed E-state index contributed by atoms with van der Waals surface area (Å²) < 4.78 is 22.9. The molecule has 1 fully saturated rings. The average molecular weight is 429 g/mol. The molecule has 0 bridgehead atoms. The first-order valence-corrected chi connectivity index (χ1v) is 10.3. The van der Waals surface area contributed by atoms with E-state index in [1.54, 1.807) is 26.6 Å². The number of aromatic amines is 1. The Morgan fingerprint density at radius 3 is 2.03 bits per heavy atom. The molecule has 0 radical (unpaired) electrons. The fourth-order valence-electron chi connectivity index (χ4n) is 3.86. The van der Waals surface area contributed by atoms with Crippen molar-refractivity contribution < 1.29 is 18.9 Å². The number of ether oxygens (including phenoxy) is 4. The third-order valence-corrected chi connectivity index (χ3v) is 5.49. The van der Waals surface area contributed by atoms with Crippen LogP contribution in [0.1, 0.15) is 11.4 Å². The van der Waals surface area contributed by atoms with Gasteiger partial charge in [-0.25, -0.2) is 4.98 Å². The van der Waals surface area contributed by atoms with Crippen LogP contribution in [0, 0.1) is 0 Å². The molecule has 7 nitrogen and oxygen atoms in total. The molecule has 0 unspecified atom stereocenters. The predicted octanol–water partition coefficient (Wildman–Crippen LogP) is 4.40. The third-order valence-electron chi connectivity index (χ3n) is 5.49. The fourth-order valence-corrected chi connectivity index (χ4v) is 3.86. The Bertz CT molecular complexity index is 1120. The van der Waals surface area contributed by atoms with Gasteiger partial charge in [0.05, 0.1) is 38.8 Å². The molecule has 7 heteroatoms. The molecule has 1 saturated heterocycles. The lowest BCUT2D eigenvalue weighted by atomic mass is 10.0. The minimum absolute atomic E-state index is 0.464. The standard InChI is InChI=1S/C25H23N3O4/c1-29-20-9-5-17(6-10-20)22-23(18-7-11-21(30-2)12-8-18)28-24(27-22)25(31-14-15-32-25)19-4-3-13-26-16-19/h3-13,16H,14-15H2,1-2H3,(H,27,28). The summed E-state index contributed by atoms with van der Waals surface area (Å²) in [7, 11) is 3.30. The predicted molar refractivity (Wildman–Crippen MR) is 119 cm³/mol. The lowest BCUT2D eigenvalue weighted by molar-refractivity contribution is -0.135. The number of rotatable bonds is 6. The average Bonchev–Trinajstić information content (AvgIpc) is 3.53. The Hall–Kier alpha value is -3.68. The SMILES string of the molecule is COc1ccc(-c2nc(C3(c4cccnc4)OCCO3)[nH]c2-c2ccc(OC)cc2)cc1. The first-order valence-electron chi connectivity index (χ1n) is 10.3. The molecule has 0 amide bonds. The second kappa shape index (κ2) is 8.45. The molecule has 1 aliphatic rings. The minimum Gasteiger partial charge on any atom is -0.497 e. The van der Waals surface area contributed by atoms with E-state index in [-0.39, 0.29) is 0 Å². The number of hydrogen-bond acceptors (Lipinski definition) is 6. The summed E-state index contributed by atoms with van der Waals surface area (Å²) >= 11 is 0. The van der Waals surface area contributed by atoms with Gasteiger partial charge in [0, 0.05) is 29.1 Å². The second-order valence-electron chi connectivity index (χ2n) is 7.32. The molecule has 2 aromatic carbocycles. The van der Waals surface area contributed by atoms with E-state index in [0.717, 1.165) is 39.6 Å². The molecular formula is C25H23N3O4. The van der Waals surface area contributed by atoms with Crippen molar-refractivity contribution in [1.82, 2.24) is 15.0 Å². The minimum atomic E-state index is -1.14. The molecule has 0 spiro atoms. The second-order valence-corrected chi connectivity index (χ2v) is 7.32. The highest BCUT2D eigenvalue weighted by Crippen LogP contribution is 2.40. The first-order chi connectivity index (χ1) is 15.7. The van der Waals surface area contributed by atoms with Gasteiger partial charge in [-0.1, -0.05) is 6.07 Å². The zero-order valence-electron chi connectivity index (χ0n) is 17.9. The Balaban J connectivity index is 1.68. The molecule has 3 heterocycles. The van der Waals surface area contributed by atoms with Crippen LogP contribution in [-0.4, -0.2) is 42.4 Å². The number of hydrogen-bond donors (Lipinski definition) is 1. The summed E-state index contributed by atoms with van der Waals surface area (Å²) in [6.45, 7) is 0.927. The van der Waals surface area contributed by atoms with E-state index in [2.05, 4.69) is 9.97 Å². The molecule has 0 atom stereocenters. The van der Waals surface area contributed by atoms with Gasteiger partial charge >= 0.3 is 0 Å². The van der Waals surface area contributed by atoms with Gasteiger partial charge in [0.25, 0.3) is 5.79 Å². The van der Waals surface area contributed by atoms with E-state index in [0.29, 0.717) is 19.0 Å². The fraction of sp³-hybridized carbons (Fsp3) is 0.200. The van der Waals surface area contributed by atoms with Crippen molar-refractivity contribution in [3.05, 3.63) is 84.4 Å². The molecule has 162 valence electrons. The maximum Gasteiger partial charge on any atom is 0.257 e. The van der Waals surface area contributed by atoms with Crippen LogP contribution in [0.25, 0.3) is 22.5 Å². The summed E-state index contributed by atoms with van der Waals surface area (Å²) in [5, 5.41) is 0. The van der Waals surface area contributed by atoms with Crippen LogP contribution in [0.5, 0.6) is 11.5 Å². The molecule has 5 rings (SSSR count). The maximum absolute atomic E-state index is 6.13. The van der Waals surface area contributed by atoms with Crippen LogP contribution in [0.15, 0.2) is 73.1 Å². The van der Waals surface area contributed by atoms with Crippen molar-refractivity contribution in [2.75, 3.05) is 27.4 Å². The van der Waals surface area contributed by atoms with E-state index in [1.165, 1.54) is 0 Å². The van der Waals surface area contributed by atoms with E-state index in [1.807, 2.05) is 60.7 Å². The van der Waals surface area contributed by atoms with Crippen LogP contribution in [0.3, 0.4) is 0 Å². The van der Waals surface area contributed by atoms with Crippen LogP contribution in [0.4, 0.5) is 0 Å². The van der Waals surface area contributed by atoms with Crippen LogP contribution in [0.2, 0.25) is 0 Å². The highest BCUT2D eigenvalue weighted by atomic mass is 16.7. The van der Waals surface area contributed by atoms with Gasteiger partial charge in [0.15, 0.2) is 5.82 Å². The molecule has 1 N–H and O–H groups in total. The number of benzene rings is 2. The number of H-pyrrole nitrogens is 1. The monoisotopic (exact) mass is 429 g/mol. The van der Waals surface area contributed by atoms with Crippen LogP contribution < -0.4 is 9.47 Å². The molecule has 4 aromatic rings. The molecule has 0 saturated carbocycles. The summed E-state index contributed by atoms with van der Waals surface area (Å²) in [4.78, 5) is 12.7. The van der Waals surface area contributed by atoms with E-state index >= 15 is 0 Å². The number of imidazole rings is 1. The molecule has 0 aliphatic carbocycles.